The molecule has 3 aliphatic heterocycles. The molecule has 0 aliphatic carbocycles. The molecular formula is C27H30N4O6. The SMILES string of the molecule is CC1Oc2cc(NC(=O)CCCN3C(=O)c4ccccc4C3=O)ccc2N(CCN2CCOCC2)C1=O. The van der Waals surface area contributed by atoms with Crippen LogP contribution in [0.2, 0.25) is 0 Å². The van der Waals surface area contributed by atoms with Crippen LogP contribution in [0.15, 0.2) is 42.5 Å². The normalized spacial score (nSPS) is 19.5. The fraction of sp³-hybridized carbons (Fsp3) is 0.407. The highest BCUT2D eigenvalue weighted by Gasteiger charge is 2.35. The Morgan fingerprint density at radius 1 is 0.946 bits per heavy atom. The summed E-state index contributed by atoms with van der Waals surface area (Å²) in [7, 11) is 0. The number of carbonyl (C=O) groups is 4. The molecule has 37 heavy (non-hydrogen) atoms. The molecule has 194 valence electrons. The van der Waals surface area contributed by atoms with Crippen molar-refractivity contribution in [3.05, 3.63) is 53.6 Å². The maximum atomic E-state index is 12.8. The van der Waals surface area contributed by atoms with E-state index in [1.54, 1.807) is 54.3 Å². The number of morpholine rings is 1. The second-order valence-corrected chi connectivity index (χ2v) is 9.35. The lowest BCUT2D eigenvalue weighted by atomic mass is 10.1. The number of carbonyl (C=O) groups excluding carboxylic acids is 4. The molecular weight excluding hydrogens is 476 g/mol. The summed E-state index contributed by atoms with van der Waals surface area (Å²) in [5, 5.41) is 2.85. The fourth-order valence-corrected chi connectivity index (χ4v) is 4.85. The van der Waals surface area contributed by atoms with Crippen molar-refractivity contribution in [2.24, 2.45) is 0 Å². The average Bonchev–Trinajstić information content (AvgIpc) is 3.14. The van der Waals surface area contributed by atoms with E-state index >= 15 is 0 Å². The Balaban J connectivity index is 1.16. The molecule has 2 aromatic rings. The van der Waals surface area contributed by atoms with E-state index in [1.165, 1.54) is 4.90 Å². The lowest BCUT2D eigenvalue weighted by molar-refractivity contribution is -0.125. The zero-order valence-corrected chi connectivity index (χ0v) is 20.8. The van der Waals surface area contributed by atoms with Gasteiger partial charge in [0.25, 0.3) is 17.7 Å². The number of nitrogens with zero attached hydrogens (tertiary/aromatic N) is 3. The van der Waals surface area contributed by atoms with Crippen molar-refractivity contribution < 1.29 is 28.7 Å². The quantitative estimate of drug-likeness (QED) is 0.547. The third kappa shape index (κ3) is 5.21. The summed E-state index contributed by atoms with van der Waals surface area (Å²) in [6.45, 7) is 6.27. The molecule has 0 bridgehead atoms. The topological polar surface area (TPSA) is 108 Å². The molecule has 3 heterocycles. The zero-order chi connectivity index (χ0) is 25.9. The van der Waals surface area contributed by atoms with Gasteiger partial charge in [-0.1, -0.05) is 12.1 Å². The Hall–Kier alpha value is -3.76. The lowest BCUT2D eigenvalue weighted by Gasteiger charge is -2.35. The number of benzene rings is 2. The van der Waals surface area contributed by atoms with Crippen LogP contribution in [-0.2, 0) is 14.3 Å². The predicted molar refractivity (Wildman–Crippen MR) is 136 cm³/mol. The molecule has 3 aliphatic rings. The fourth-order valence-electron chi connectivity index (χ4n) is 4.85. The molecule has 1 atom stereocenters. The number of hydrogen-bond donors (Lipinski definition) is 1. The first kappa shape index (κ1) is 24.9. The van der Waals surface area contributed by atoms with Gasteiger partial charge in [-0.25, -0.2) is 0 Å². The summed E-state index contributed by atoms with van der Waals surface area (Å²) in [6.07, 6.45) is -0.131. The molecule has 10 nitrogen and oxygen atoms in total. The minimum Gasteiger partial charge on any atom is -0.479 e. The highest BCUT2D eigenvalue weighted by atomic mass is 16.5. The number of anilines is 2. The molecule has 0 spiro atoms. The maximum Gasteiger partial charge on any atom is 0.267 e. The van der Waals surface area contributed by atoms with E-state index in [0.29, 0.717) is 54.4 Å². The first-order valence-corrected chi connectivity index (χ1v) is 12.6. The van der Waals surface area contributed by atoms with Crippen LogP contribution in [0.5, 0.6) is 5.75 Å². The summed E-state index contributed by atoms with van der Waals surface area (Å²) in [5.41, 5.74) is 2.04. The molecule has 10 heteroatoms. The van der Waals surface area contributed by atoms with Crippen molar-refractivity contribution in [1.29, 1.82) is 0 Å². The highest BCUT2D eigenvalue weighted by molar-refractivity contribution is 6.21. The van der Waals surface area contributed by atoms with Gasteiger partial charge in [-0.05, 0) is 37.6 Å². The summed E-state index contributed by atoms with van der Waals surface area (Å²) < 4.78 is 11.2. The number of fused-ring (bicyclic) bond motifs is 2. The highest BCUT2D eigenvalue weighted by Crippen LogP contribution is 2.36. The first-order valence-electron chi connectivity index (χ1n) is 12.6. The molecule has 2 aromatic carbocycles. The third-order valence-corrected chi connectivity index (χ3v) is 6.86. The van der Waals surface area contributed by atoms with Crippen LogP contribution in [0, 0.1) is 0 Å². The maximum absolute atomic E-state index is 12.8. The van der Waals surface area contributed by atoms with Gasteiger partial charge in [-0.2, -0.15) is 0 Å². The van der Waals surface area contributed by atoms with E-state index in [1.807, 2.05) is 0 Å². The van der Waals surface area contributed by atoms with Crippen LogP contribution in [0.25, 0.3) is 0 Å². The number of nitrogens with one attached hydrogen (secondary N) is 1. The van der Waals surface area contributed by atoms with Crippen LogP contribution in [0.3, 0.4) is 0 Å². The van der Waals surface area contributed by atoms with E-state index in [4.69, 9.17) is 9.47 Å². The van der Waals surface area contributed by atoms with Gasteiger partial charge in [0, 0.05) is 50.9 Å². The lowest BCUT2D eigenvalue weighted by Crippen LogP contribution is -2.48. The predicted octanol–water partition coefficient (Wildman–Crippen LogP) is 2.15. The van der Waals surface area contributed by atoms with Gasteiger partial charge in [0.05, 0.1) is 30.0 Å². The Morgan fingerprint density at radius 2 is 1.65 bits per heavy atom. The number of imide groups is 1. The van der Waals surface area contributed by atoms with Crippen molar-refractivity contribution in [2.45, 2.75) is 25.9 Å². The van der Waals surface area contributed by atoms with Crippen molar-refractivity contribution >= 4 is 35.0 Å². The molecule has 1 unspecified atom stereocenters. The smallest absolute Gasteiger partial charge is 0.267 e. The number of ether oxygens (including phenoxy) is 2. The summed E-state index contributed by atoms with van der Waals surface area (Å²) in [5.74, 6) is -0.436. The Kier molecular flexibility index (Phi) is 7.20. The van der Waals surface area contributed by atoms with Gasteiger partial charge >= 0.3 is 0 Å². The van der Waals surface area contributed by atoms with Gasteiger partial charge in [0.15, 0.2) is 6.10 Å². The molecule has 0 aromatic heterocycles. The number of rotatable bonds is 8. The van der Waals surface area contributed by atoms with Crippen molar-refractivity contribution in [3.8, 4) is 5.75 Å². The van der Waals surface area contributed by atoms with Crippen molar-refractivity contribution in [1.82, 2.24) is 9.80 Å². The summed E-state index contributed by atoms with van der Waals surface area (Å²) in [4.78, 5) is 55.5. The Morgan fingerprint density at radius 3 is 2.35 bits per heavy atom. The molecule has 0 saturated carbocycles. The van der Waals surface area contributed by atoms with Crippen LogP contribution < -0.4 is 15.0 Å². The molecule has 1 saturated heterocycles. The standard InChI is InChI=1S/C27H30N4O6/c1-18-25(33)30(12-11-29-13-15-36-16-14-29)22-9-8-19(17-23(22)37-18)28-24(32)7-4-10-31-26(34)20-5-2-3-6-21(20)27(31)35/h2-3,5-6,8-9,17-18H,4,7,10-16H2,1H3,(H,28,32). The molecule has 1 fully saturated rings. The zero-order valence-electron chi connectivity index (χ0n) is 20.8. The van der Waals surface area contributed by atoms with Gasteiger partial charge < -0.3 is 19.7 Å². The molecule has 1 N–H and O–H groups in total. The molecule has 4 amide bonds. The Bertz CT molecular complexity index is 1190. The Labute approximate surface area is 215 Å². The molecule has 0 radical (unpaired) electrons. The summed E-state index contributed by atoms with van der Waals surface area (Å²) >= 11 is 0. The first-order chi connectivity index (χ1) is 17.9. The van der Waals surface area contributed by atoms with Gasteiger partial charge in [-0.3, -0.25) is 29.0 Å². The number of amides is 4. The van der Waals surface area contributed by atoms with E-state index < -0.39 is 6.10 Å². The van der Waals surface area contributed by atoms with Gasteiger partial charge in [-0.15, -0.1) is 0 Å². The van der Waals surface area contributed by atoms with Crippen molar-refractivity contribution in [2.75, 3.05) is 56.2 Å². The minimum absolute atomic E-state index is 0.0919. The van der Waals surface area contributed by atoms with Crippen LogP contribution >= 0.6 is 0 Å². The van der Waals surface area contributed by atoms with E-state index in [0.717, 1.165) is 19.6 Å². The van der Waals surface area contributed by atoms with Gasteiger partial charge in [0.2, 0.25) is 5.91 Å². The van der Waals surface area contributed by atoms with Crippen LogP contribution in [0.4, 0.5) is 11.4 Å². The van der Waals surface area contributed by atoms with E-state index in [9.17, 15) is 19.2 Å². The van der Waals surface area contributed by atoms with Crippen molar-refractivity contribution in [3.63, 3.8) is 0 Å². The van der Waals surface area contributed by atoms with Crippen LogP contribution in [0.1, 0.15) is 40.5 Å². The second-order valence-electron chi connectivity index (χ2n) is 9.35. The minimum atomic E-state index is -0.622. The van der Waals surface area contributed by atoms with Crippen LogP contribution in [-0.4, -0.2) is 85.5 Å². The third-order valence-electron chi connectivity index (χ3n) is 6.86. The van der Waals surface area contributed by atoms with Gasteiger partial charge in [0.1, 0.15) is 5.75 Å². The summed E-state index contributed by atoms with van der Waals surface area (Å²) in [6, 6.07) is 12.0. The number of hydrogen-bond acceptors (Lipinski definition) is 7. The largest absolute Gasteiger partial charge is 0.479 e. The molecule has 5 rings (SSSR count). The van der Waals surface area contributed by atoms with E-state index in [-0.39, 0.29) is 36.6 Å². The van der Waals surface area contributed by atoms with E-state index in [2.05, 4.69) is 10.2 Å². The second kappa shape index (κ2) is 10.7. The average molecular weight is 507 g/mol. The monoisotopic (exact) mass is 506 g/mol.